The molecule has 6 heteroatoms. The molecule has 4 rings (SSSR count). The SMILES string of the molecule is CSc1nc2ccccc2c(Nc2c(C)nn(CCc3ccccc3)c2C)c1C#N. The Morgan fingerprint density at radius 1 is 1.03 bits per heavy atom. The number of rotatable bonds is 6. The van der Waals surface area contributed by atoms with E-state index < -0.39 is 0 Å². The van der Waals surface area contributed by atoms with E-state index in [2.05, 4.69) is 47.6 Å². The minimum atomic E-state index is 0.567. The van der Waals surface area contributed by atoms with Gasteiger partial charge in [0.25, 0.3) is 0 Å². The van der Waals surface area contributed by atoms with Gasteiger partial charge in [0.1, 0.15) is 16.7 Å². The number of hydrogen-bond acceptors (Lipinski definition) is 5. The topological polar surface area (TPSA) is 66.5 Å². The Balaban J connectivity index is 1.72. The highest BCUT2D eigenvalue weighted by Crippen LogP contribution is 2.35. The van der Waals surface area contributed by atoms with E-state index in [9.17, 15) is 5.26 Å². The molecule has 0 amide bonds. The van der Waals surface area contributed by atoms with Crippen molar-refractivity contribution in [3.63, 3.8) is 0 Å². The molecule has 0 aliphatic heterocycles. The Morgan fingerprint density at radius 2 is 1.77 bits per heavy atom. The molecule has 0 radical (unpaired) electrons. The van der Waals surface area contributed by atoms with Crippen LogP contribution in [0.1, 0.15) is 22.5 Å². The van der Waals surface area contributed by atoms with Crippen LogP contribution in [-0.4, -0.2) is 21.0 Å². The van der Waals surface area contributed by atoms with Crippen molar-refractivity contribution < 1.29 is 0 Å². The number of fused-ring (bicyclic) bond motifs is 1. The summed E-state index contributed by atoms with van der Waals surface area (Å²) in [5, 5.41) is 19.8. The van der Waals surface area contributed by atoms with Crippen molar-refractivity contribution in [2.24, 2.45) is 0 Å². The number of aromatic nitrogens is 3. The average Bonchev–Trinajstić information content (AvgIpc) is 3.05. The van der Waals surface area contributed by atoms with Crippen molar-refractivity contribution in [1.82, 2.24) is 14.8 Å². The van der Waals surface area contributed by atoms with Gasteiger partial charge < -0.3 is 5.32 Å². The molecule has 2 heterocycles. The van der Waals surface area contributed by atoms with Gasteiger partial charge in [-0.1, -0.05) is 48.5 Å². The van der Waals surface area contributed by atoms with E-state index >= 15 is 0 Å². The van der Waals surface area contributed by atoms with Gasteiger partial charge in [-0.3, -0.25) is 4.68 Å². The summed E-state index contributed by atoms with van der Waals surface area (Å²) in [5.74, 6) is 0. The number of pyridine rings is 1. The van der Waals surface area contributed by atoms with Crippen molar-refractivity contribution in [1.29, 1.82) is 5.26 Å². The normalized spacial score (nSPS) is 10.9. The molecular formula is C24H23N5S. The van der Waals surface area contributed by atoms with E-state index in [-0.39, 0.29) is 0 Å². The van der Waals surface area contributed by atoms with Crippen LogP contribution in [0.5, 0.6) is 0 Å². The third-order valence-electron chi connectivity index (χ3n) is 5.25. The highest BCUT2D eigenvalue weighted by molar-refractivity contribution is 7.98. The van der Waals surface area contributed by atoms with Gasteiger partial charge >= 0.3 is 0 Å². The first-order valence-electron chi connectivity index (χ1n) is 9.84. The van der Waals surface area contributed by atoms with Gasteiger partial charge in [-0.25, -0.2) is 4.98 Å². The van der Waals surface area contributed by atoms with E-state index in [0.717, 1.165) is 51.7 Å². The largest absolute Gasteiger partial charge is 0.351 e. The standard InChI is InChI=1S/C24H23N5S/c1-16-22(17(2)29(28-16)14-13-18-9-5-4-6-10-18)27-23-19-11-7-8-12-21(19)26-24(30-3)20(23)15-25/h4-12H,13-14H2,1-3H3,(H,26,27). The maximum absolute atomic E-state index is 9.86. The monoisotopic (exact) mass is 413 g/mol. The second kappa shape index (κ2) is 8.60. The Bertz CT molecular complexity index is 1240. The van der Waals surface area contributed by atoms with Gasteiger partial charge in [-0.05, 0) is 38.2 Å². The second-order valence-corrected chi connectivity index (χ2v) is 7.92. The smallest absolute Gasteiger partial charge is 0.116 e. The predicted octanol–water partition coefficient (Wildman–Crippen LogP) is 5.63. The van der Waals surface area contributed by atoms with Crippen molar-refractivity contribution in [3.8, 4) is 6.07 Å². The highest BCUT2D eigenvalue weighted by atomic mass is 32.2. The molecule has 2 aromatic heterocycles. The summed E-state index contributed by atoms with van der Waals surface area (Å²) < 4.78 is 2.04. The number of para-hydroxylation sites is 1. The second-order valence-electron chi connectivity index (χ2n) is 7.13. The van der Waals surface area contributed by atoms with Crippen molar-refractivity contribution in [3.05, 3.63) is 77.1 Å². The van der Waals surface area contributed by atoms with Gasteiger partial charge in [0.15, 0.2) is 0 Å². The molecule has 0 unspecified atom stereocenters. The molecule has 0 aliphatic carbocycles. The summed E-state index contributed by atoms with van der Waals surface area (Å²) in [4.78, 5) is 4.66. The first-order valence-corrected chi connectivity index (χ1v) is 11.1. The molecule has 30 heavy (non-hydrogen) atoms. The fraction of sp³-hybridized carbons (Fsp3) is 0.208. The molecule has 150 valence electrons. The van der Waals surface area contributed by atoms with E-state index in [0.29, 0.717) is 5.56 Å². The number of nitrogens with zero attached hydrogens (tertiary/aromatic N) is 4. The van der Waals surface area contributed by atoms with Gasteiger partial charge in [-0.15, -0.1) is 11.8 Å². The van der Waals surface area contributed by atoms with Gasteiger partial charge in [0.2, 0.25) is 0 Å². The average molecular weight is 414 g/mol. The highest BCUT2D eigenvalue weighted by Gasteiger charge is 2.18. The third-order valence-corrected chi connectivity index (χ3v) is 5.93. The molecule has 0 aliphatic rings. The van der Waals surface area contributed by atoms with Crippen LogP contribution in [0, 0.1) is 25.2 Å². The quantitative estimate of drug-likeness (QED) is 0.415. The Morgan fingerprint density at radius 3 is 2.50 bits per heavy atom. The predicted molar refractivity (Wildman–Crippen MR) is 123 cm³/mol. The Hall–Kier alpha value is -3.30. The van der Waals surface area contributed by atoms with Crippen LogP contribution >= 0.6 is 11.8 Å². The van der Waals surface area contributed by atoms with Crippen LogP contribution < -0.4 is 5.32 Å². The zero-order valence-corrected chi connectivity index (χ0v) is 18.1. The zero-order valence-electron chi connectivity index (χ0n) is 17.3. The van der Waals surface area contributed by atoms with E-state index in [1.54, 1.807) is 0 Å². The molecule has 4 aromatic rings. The number of aryl methyl sites for hydroxylation is 3. The van der Waals surface area contributed by atoms with Crippen molar-refractivity contribution >= 4 is 34.0 Å². The van der Waals surface area contributed by atoms with Crippen LogP contribution in [0.2, 0.25) is 0 Å². The molecule has 0 atom stereocenters. The van der Waals surface area contributed by atoms with E-state index in [1.807, 2.05) is 48.2 Å². The van der Waals surface area contributed by atoms with Crippen LogP contribution in [-0.2, 0) is 13.0 Å². The van der Waals surface area contributed by atoms with Crippen LogP contribution in [0.3, 0.4) is 0 Å². The van der Waals surface area contributed by atoms with E-state index in [4.69, 9.17) is 5.10 Å². The molecule has 0 spiro atoms. The minimum Gasteiger partial charge on any atom is -0.351 e. The lowest BCUT2D eigenvalue weighted by Crippen LogP contribution is -2.06. The molecule has 5 nitrogen and oxygen atoms in total. The number of benzene rings is 2. The molecule has 0 fully saturated rings. The summed E-state index contributed by atoms with van der Waals surface area (Å²) in [6.07, 6.45) is 2.86. The lowest BCUT2D eigenvalue weighted by atomic mass is 10.1. The molecular weight excluding hydrogens is 390 g/mol. The molecule has 0 bridgehead atoms. The lowest BCUT2D eigenvalue weighted by Gasteiger charge is -2.14. The Labute approximate surface area is 180 Å². The maximum Gasteiger partial charge on any atom is 0.116 e. The summed E-state index contributed by atoms with van der Waals surface area (Å²) in [7, 11) is 0. The molecule has 0 saturated carbocycles. The number of nitrogens with one attached hydrogen (secondary N) is 1. The number of anilines is 2. The first-order chi connectivity index (χ1) is 14.6. The summed E-state index contributed by atoms with van der Waals surface area (Å²) in [5.41, 5.74) is 6.43. The zero-order chi connectivity index (χ0) is 21.1. The molecule has 1 N–H and O–H groups in total. The molecule has 2 aromatic carbocycles. The number of nitriles is 1. The summed E-state index contributed by atoms with van der Waals surface area (Å²) in [6.45, 7) is 4.87. The minimum absolute atomic E-state index is 0.567. The van der Waals surface area contributed by atoms with Crippen molar-refractivity contribution in [2.75, 3.05) is 11.6 Å². The number of hydrogen-bond donors (Lipinski definition) is 1. The van der Waals surface area contributed by atoms with Crippen molar-refractivity contribution in [2.45, 2.75) is 31.8 Å². The molecule has 0 saturated heterocycles. The number of thioether (sulfide) groups is 1. The fourth-order valence-electron chi connectivity index (χ4n) is 3.67. The summed E-state index contributed by atoms with van der Waals surface area (Å²) in [6, 6.07) is 20.7. The third kappa shape index (κ3) is 3.77. The first kappa shape index (κ1) is 20.0. The fourth-order valence-corrected chi connectivity index (χ4v) is 4.21. The van der Waals surface area contributed by atoms with E-state index in [1.165, 1.54) is 17.3 Å². The van der Waals surface area contributed by atoms with Gasteiger partial charge in [-0.2, -0.15) is 10.4 Å². The van der Waals surface area contributed by atoms with Gasteiger partial charge in [0, 0.05) is 11.9 Å². The van der Waals surface area contributed by atoms with Gasteiger partial charge in [0.05, 0.1) is 28.3 Å². The summed E-state index contributed by atoms with van der Waals surface area (Å²) >= 11 is 1.48. The Kier molecular flexibility index (Phi) is 5.73. The van der Waals surface area contributed by atoms with Crippen LogP contribution in [0.15, 0.2) is 59.6 Å². The van der Waals surface area contributed by atoms with Crippen LogP contribution in [0.25, 0.3) is 10.9 Å². The maximum atomic E-state index is 9.86. The van der Waals surface area contributed by atoms with Crippen LogP contribution in [0.4, 0.5) is 11.4 Å². The lowest BCUT2D eigenvalue weighted by molar-refractivity contribution is 0.594.